The van der Waals surface area contributed by atoms with E-state index < -0.39 is 0 Å². The van der Waals surface area contributed by atoms with E-state index in [1.165, 1.54) is 0 Å². The molecule has 3 rings (SSSR count). The summed E-state index contributed by atoms with van der Waals surface area (Å²) in [7, 11) is 0. The van der Waals surface area contributed by atoms with Crippen LogP contribution in [0, 0.1) is 0 Å². The Bertz CT molecular complexity index is 584. The van der Waals surface area contributed by atoms with Gasteiger partial charge in [-0.05, 0) is 13.0 Å². The summed E-state index contributed by atoms with van der Waals surface area (Å²) in [6.07, 6.45) is 10.7. The zero-order valence-corrected chi connectivity index (χ0v) is 10.2. The lowest BCUT2D eigenvalue weighted by Crippen LogP contribution is -2.24. The third-order valence-corrected chi connectivity index (χ3v) is 3.09. The summed E-state index contributed by atoms with van der Waals surface area (Å²) in [6.45, 7) is 2.02. The Balaban J connectivity index is 1.81. The molecule has 0 saturated carbocycles. The number of nitrogens with zero attached hydrogens (tertiary/aromatic N) is 2. The Morgan fingerprint density at radius 1 is 1.28 bits per heavy atom. The number of rotatable bonds is 2. The molecule has 1 aliphatic carbocycles. The molecule has 18 heavy (non-hydrogen) atoms. The number of hydrogen-bond donors (Lipinski definition) is 0. The summed E-state index contributed by atoms with van der Waals surface area (Å²) in [5, 5.41) is 4.19. The van der Waals surface area contributed by atoms with Gasteiger partial charge in [0.25, 0.3) is 0 Å². The van der Waals surface area contributed by atoms with E-state index in [1.807, 2.05) is 55.6 Å². The molecule has 0 fully saturated rings. The van der Waals surface area contributed by atoms with E-state index in [2.05, 4.69) is 16.2 Å². The van der Waals surface area contributed by atoms with Gasteiger partial charge in [0.15, 0.2) is 11.4 Å². The topological polar surface area (TPSA) is 34.0 Å². The van der Waals surface area contributed by atoms with Gasteiger partial charge in [-0.1, -0.05) is 47.6 Å². The van der Waals surface area contributed by atoms with Crippen molar-refractivity contribution in [1.29, 1.82) is 0 Å². The lowest BCUT2D eigenvalue weighted by molar-refractivity contribution is 0.0110. The van der Waals surface area contributed by atoms with Crippen molar-refractivity contribution in [2.75, 3.05) is 0 Å². The minimum atomic E-state index is -0.366. The lowest BCUT2D eigenvalue weighted by atomic mass is 9.98. The zero-order valence-electron chi connectivity index (χ0n) is 10.2. The summed E-state index contributed by atoms with van der Waals surface area (Å²) >= 11 is 0. The molecule has 0 bridgehead atoms. The first-order valence-electron chi connectivity index (χ1n) is 6.01. The Kier molecular flexibility index (Phi) is 2.59. The van der Waals surface area contributed by atoms with Crippen LogP contribution >= 0.6 is 0 Å². The van der Waals surface area contributed by atoms with Crippen LogP contribution in [0.1, 0.15) is 24.5 Å². The van der Waals surface area contributed by atoms with Gasteiger partial charge >= 0.3 is 0 Å². The normalized spacial score (nSPS) is 26.6. The zero-order chi connectivity index (χ0) is 12.4. The molecule has 0 saturated heterocycles. The Morgan fingerprint density at radius 3 is 3.00 bits per heavy atom. The molecule has 1 heterocycles. The van der Waals surface area contributed by atoms with Gasteiger partial charge < -0.3 is 4.84 Å². The summed E-state index contributed by atoms with van der Waals surface area (Å²) < 4.78 is 0. The molecule has 90 valence electrons. The number of hydrogen-bond acceptors (Lipinski definition) is 2. The molecule has 0 N–H and O–H groups in total. The minimum Gasteiger partial charge on any atom is -0.383 e. The van der Waals surface area contributed by atoms with Gasteiger partial charge in [0.1, 0.15) is 0 Å². The highest BCUT2D eigenvalue weighted by Gasteiger charge is 2.24. The molecule has 0 amide bonds. The second-order valence-corrected chi connectivity index (χ2v) is 4.66. The average Bonchev–Trinajstić information content (AvgIpc) is 2.81. The van der Waals surface area contributed by atoms with Gasteiger partial charge in [-0.2, -0.15) is 0 Å². The quantitative estimate of drug-likeness (QED) is 0.729. The van der Waals surface area contributed by atoms with Crippen LogP contribution in [-0.4, -0.2) is 17.7 Å². The molecule has 3 heteroatoms. The molecule has 1 atom stereocenters. The van der Waals surface area contributed by atoms with Crippen molar-refractivity contribution in [3.8, 4) is 0 Å². The number of benzene rings is 1. The molecule has 1 unspecified atom stereocenters. The van der Waals surface area contributed by atoms with E-state index in [-0.39, 0.29) is 5.60 Å². The maximum absolute atomic E-state index is 5.65. The average molecular weight is 238 g/mol. The molecule has 2 aliphatic rings. The van der Waals surface area contributed by atoms with Crippen molar-refractivity contribution in [3.05, 3.63) is 59.7 Å². The van der Waals surface area contributed by atoms with Crippen LogP contribution in [-0.2, 0) is 4.84 Å². The molecular formula is C15H14N2O. The van der Waals surface area contributed by atoms with Crippen molar-refractivity contribution in [1.82, 2.24) is 0 Å². The maximum atomic E-state index is 5.65. The van der Waals surface area contributed by atoms with Gasteiger partial charge in [-0.15, -0.1) is 0 Å². The standard InChI is InChI=1S/C15H14N2O/c1-15(9-5-2-6-10-15)18-17-14-13-8-4-3-7-12(13)11-16-14/h2-9,11H,10H2,1H3. The van der Waals surface area contributed by atoms with Crippen molar-refractivity contribution in [3.63, 3.8) is 0 Å². The lowest BCUT2D eigenvalue weighted by Gasteiger charge is -2.23. The fourth-order valence-corrected chi connectivity index (χ4v) is 2.01. The fourth-order valence-electron chi connectivity index (χ4n) is 2.01. The molecule has 0 aromatic heterocycles. The Labute approximate surface area is 106 Å². The van der Waals surface area contributed by atoms with E-state index in [4.69, 9.17) is 4.84 Å². The van der Waals surface area contributed by atoms with Crippen LogP contribution in [0.2, 0.25) is 0 Å². The smallest absolute Gasteiger partial charge is 0.199 e. The van der Waals surface area contributed by atoms with Crippen molar-refractivity contribution in [2.45, 2.75) is 18.9 Å². The number of allylic oxidation sites excluding steroid dienone is 2. The molecule has 3 nitrogen and oxygen atoms in total. The van der Waals surface area contributed by atoms with E-state index in [0.717, 1.165) is 17.5 Å². The summed E-state index contributed by atoms with van der Waals surface area (Å²) in [5.74, 6) is 0.648. The molecule has 0 spiro atoms. The van der Waals surface area contributed by atoms with Crippen molar-refractivity contribution < 1.29 is 4.84 Å². The molecular weight excluding hydrogens is 224 g/mol. The number of fused-ring (bicyclic) bond motifs is 1. The van der Waals surface area contributed by atoms with Crippen LogP contribution in [0.25, 0.3) is 0 Å². The highest BCUT2D eigenvalue weighted by Crippen LogP contribution is 2.23. The highest BCUT2D eigenvalue weighted by atomic mass is 16.6. The third-order valence-electron chi connectivity index (χ3n) is 3.09. The summed E-state index contributed by atoms with van der Waals surface area (Å²) in [4.78, 5) is 9.92. The van der Waals surface area contributed by atoms with Gasteiger partial charge in [-0.3, -0.25) is 0 Å². The number of aliphatic imine (C=N–C) groups is 1. The van der Waals surface area contributed by atoms with E-state index in [9.17, 15) is 0 Å². The van der Waals surface area contributed by atoms with Crippen LogP contribution in [0.5, 0.6) is 0 Å². The van der Waals surface area contributed by atoms with Gasteiger partial charge in [0, 0.05) is 23.8 Å². The van der Waals surface area contributed by atoms with Crippen LogP contribution in [0.4, 0.5) is 0 Å². The number of amidine groups is 1. The van der Waals surface area contributed by atoms with Crippen LogP contribution in [0.15, 0.2) is 58.7 Å². The van der Waals surface area contributed by atoms with Crippen LogP contribution in [0.3, 0.4) is 0 Å². The first-order chi connectivity index (χ1) is 8.77. The SMILES string of the molecule is CC1(ON=C2N=Cc3ccccc32)C=CC=CC1. The van der Waals surface area contributed by atoms with Crippen molar-refractivity contribution in [2.24, 2.45) is 10.1 Å². The minimum absolute atomic E-state index is 0.366. The Hall–Kier alpha value is -2.16. The third kappa shape index (κ3) is 1.99. The maximum Gasteiger partial charge on any atom is 0.199 e. The van der Waals surface area contributed by atoms with Gasteiger partial charge in [-0.25, -0.2) is 4.99 Å². The second-order valence-electron chi connectivity index (χ2n) is 4.66. The van der Waals surface area contributed by atoms with Crippen molar-refractivity contribution >= 4 is 12.1 Å². The van der Waals surface area contributed by atoms with E-state index in [0.29, 0.717) is 5.84 Å². The van der Waals surface area contributed by atoms with E-state index in [1.54, 1.807) is 0 Å². The summed E-state index contributed by atoms with van der Waals surface area (Å²) in [5.41, 5.74) is 1.75. The van der Waals surface area contributed by atoms with Gasteiger partial charge in [0.2, 0.25) is 0 Å². The first kappa shape index (κ1) is 11.0. The molecule has 0 radical (unpaired) electrons. The van der Waals surface area contributed by atoms with E-state index >= 15 is 0 Å². The largest absolute Gasteiger partial charge is 0.383 e. The highest BCUT2D eigenvalue weighted by molar-refractivity contribution is 6.15. The fraction of sp³-hybridized carbons (Fsp3) is 0.200. The molecule has 1 aromatic carbocycles. The van der Waals surface area contributed by atoms with Gasteiger partial charge in [0.05, 0.1) is 0 Å². The number of oxime groups is 1. The summed E-state index contributed by atoms with van der Waals surface area (Å²) in [6, 6.07) is 7.99. The predicted octanol–water partition coefficient (Wildman–Crippen LogP) is 3.07. The molecule has 1 aliphatic heterocycles. The predicted molar refractivity (Wildman–Crippen MR) is 73.0 cm³/mol. The first-order valence-corrected chi connectivity index (χ1v) is 6.01. The molecule has 1 aromatic rings. The Morgan fingerprint density at radius 2 is 2.17 bits per heavy atom. The second kappa shape index (κ2) is 4.26. The van der Waals surface area contributed by atoms with Crippen LogP contribution < -0.4 is 0 Å². The monoisotopic (exact) mass is 238 g/mol.